The highest BCUT2D eigenvalue weighted by molar-refractivity contribution is 8.04. The fourth-order valence-corrected chi connectivity index (χ4v) is 6.27. The minimum absolute atomic E-state index is 0.0368. The van der Waals surface area contributed by atoms with E-state index in [9.17, 15) is 14.0 Å². The van der Waals surface area contributed by atoms with E-state index in [0.29, 0.717) is 16.2 Å². The third kappa shape index (κ3) is 5.38. The zero-order valence-electron chi connectivity index (χ0n) is 21.3. The fourth-order valence-electron chi connectivity index (χ4n) is 5.23. The highest BCUT2D eigenvalue weighted by atomic mass is 32.2. The van der Waals surface area contributed by atoms with Gasteiger partial charge in [-0.1, -0.05) is 78.5 Å². The lowest BCUT2D eigenvalue weighted by atomic mass is 9.87. The Hall–Kier alpha value is -4.16. The van der Waals surface area contributed by atoms with Crippen molar-refractivity contribution in [1.82, 2.24) is 5.32 Å². The van der Waals surface area contributed by atoms with Crippen LogP contribution in [-0.2, 0) is 17.8 Å². The molecule has 1 atom stereocenters. The number of fused-ring (bicyclic) bond motifs is 2. The number of carbonyl (C=O) groups excluding carboxylic acids is 2. The first kappa shape index (κ1) is 25.1. The molecule has 0 aromatic heterocycles. The number of hydrogen-bond acceptors (Lipinski definition) is 3. The molecule has 0 bridgehead atoms. The Morgan fingerprint density at radius 2 is 1.74 bits per heavy atom. The third-order valence-electron chi connectivity index (χ3n) is 7.21. The zero-order valence-corrected chi connectivity index (χ0v) is 22.1. The summed E-state index contributed by atoms with van der Waals surface area (Å²) in [5.41, 5.74) is 5.37. The summed E-state index contributed by atoms with van der Waals surface area (Å²) in [6, 6.07) is 29.6. The van der Waals surface area contributed by atoms with Crippen LogP contribution in [0.5, 0.6) is 0 Å². The van der Waals surface area contributed by atoms with Gasteiger partial charge in [0.1, 0.15) is 5.82 Å². The average Bonchev–Trinajstić information content (AvgIpc) is 2.97. The van der Waals surface area contributed by atoms with Crippen molar-refractivity contribution >= 4 is 35.3 Å². The van der Waals surface area contributed by atoms with Crippen LogP contribution in [0.4, 0.5) is 10.1 Å². The number of aryl methyl sites for hydroxylation is 1. The Morgan fingerprint density at radius 1 is 0.974 bits per heavy atom. The van der Waals surface area contributed by atoms with Crippen LogP contribution in [0.3, 0.4) is 0 Å². The minimum Gasteiger partial charge on any atom is -0.345 e. The van der Waals surface area contributed by atoms with Crippen molar-refractivity contribution < 1.29 is 14.0 Å². The second-order valence-electron chi connectivity index (χ2n) is 9.84. The van der Waals surface area contributed by atoms with Gasteiger partial charge < -0.3 is 10.2 Å². The highest BCUT2D eigenvalue weighted by Gasteiger charge is 2.31. The van der Waals surface area contributed by atoms with Gasteiger partial charge in [-0.25, -0.2) is 4.39 Å². The molecule has 0 saturated heterocycles. The van der Waals surface area contributed by atoms with E-state index >= 15 is 0 Å². The van der Waals surface area contributed by atoms with Gasteiger partial charge in [-0.3, -0.25) is 9.59 Å². The van der Waals surface area contributed by atoms with E-state index in [-0.39, 0.29) is 30.2 Å². The standard InChI is InChI=1S/C33H27FN2O2S/c34-26-16-13-23(14-17-26)21-36-29-20-25(32(37)35-28-12-6-10-24-9-4-5-11-27(24)28)15-18-30(29)39-31(33(36)38)19-22-7-2-1-3-8-22/h1-5,7-9,11,13-20,28H,6,10,12,21H2,(H,35,37)/b31-19-/t28-/m0/s1. The van der Waals surface area contributed by atoms with E-state index in [1.54, 1.807) is 23.1 Å². The van der Waals surface area contributed by atoms with Gasteiger partial charge in [-0.15, -0.1) is 0 Å². The number of halogens is 1. The molecular formula is C33H27FN2O2S. The lowest BCUT2D eigenvalue weighted by Gasteiger charge is -2.31. The Labute approximate surface area is 231 Å². The smallest absolute Gasteiger partial charge is 0.265 e. The maximum absolute atomic E-state index is 13.8. The van der Waals surface area contributed by atoms with Crippen molar-refractivity contribution in [3.8, 4) is 0 Å². The zero-order chi connectivity index (χ0) is 26.8. The number of benzene rings is 4. The molecule has 2 aliphatic rings. The van der Waals surface area contributed by atoms with Gasteiger partial charge in [0.25, 0.3) is 11.8 Å². The molecular weight excluding hydrogens is 507 g/mol. The van der Waals surface area contributed by atoms with Gasteiger partial charge in [0.15, 0.2) is 0 Å². The molecule has 6 heteroatoms. The van der Waals surface area contributed by atoms with E-state index in [1.165, 1.54) is 35.0 Å². The molecule has 0 spiro atoms. The van der Waals surface area contributed by atoms with Crippen LogP contribution in [0.2, 0.25) is 0 Å². The number of nitrogens with zero attached hydrogens (tertiary/aromatic N) is 1. The summed E-state index contributed by atoms with van der Waals surface area (Å²) in [6.07, 6.45) is 4.83. The monoisotopic (exact) mass is 534 g/mol. The number of nitrogens with one attached hydrogen (secondary N) is 1. The summed E-state index contributed by atoms with van der Waals surface area (Å²) in [4.78, 5) is 30.3. The van der Waals surface area contributed by atoms with Crippen molar-refractivity contribution in [2.24, 2.45) is 0 Å². The average molecular weight is 535 g/mol. The second-order valence-corrected chi connectivity index (χ2v) is 10.9. The van der Waals surface area contributed by atoms with Crippen molar-refractivity contribution in [3.63, 3.8) is 0 Å². The molecule has 194 valence electrons. The van der Waals surface area contributed by atoms with Crippen LogP contribution in [0.1, 0.15) is 51.5 Å². The molecule has 0 saturated carbocycles. The number of rotatable bonds is 5. The molecule has 1 heterocycles. The van der Waals surface area contributed by atoms with Crippen molar-refractivity contribution in [1.29, 1.82) is 0 Å². The fraction of sp³-hybridized carbons (Fsp3) is 0.152. The van der Waals surface area contributed by atoms with Crippen molar-refractivity contribution in [3.05, 3.63) is 136 Å². The number of thioether (sulfide) groups is 1. The van der Waals surface area contributed by atoms with Gasteiger partial charge in [0, 0.05) is 10.5 Å². The Bertz CT molecular complexity index is 1570. The predicted molar refractivity (Wildman–Crippen MR) is 154 cm³/mol. The number of hydrogen-bond donors (Lipinski definition) is 1. The molecule has 4 aromatic rings. The maximum Gasteiger partial charge on any atom is 0.265 e. The maximum atomic E-state index is 13.8. The van der Waals surface area contributed by atoms with Gasteiger partial charge in [0.2, 0.25) is 0 Å². The minimum atomic E-state index is -0.326. The summed E-state index contributed by atoms with van der Waals surface area (Å²) >= 11 is 1.40. The van der Waals surface area contributed by atoms with Gasteiger partial charge in [-0.2, -0.15) is 0 Å². The number of amides is 2. The Morgan fingerprint density at radius 3 is 2.56 bits per heavy atom. The molecule has 0 fully saturated rings. The molecule has 2 amide bonds. The van der Waals surface area contributed by atoms with Crippen LogP contribution in [0.15, 0.2) is 107 Å². The second kappa shape index (κ2) is 10.9. The number of anilines is 1. The van der Waals surface area contributed by atoms with Gasteiger partial charge in [-0.05, 0) is 77.9 Å². The first-order valence-electron chi connectivity index (χ1n) is 13.1. The van der Waals surface area contributed by atoms with Crippen LogP contribution < -0.4 is 10.2 Å². The van der Waals surface area contributed by atoms with E-state index in [0.717, 1.165) is 35.3 Å². The first-order chi connectivity index (χ1) is 19.0. The Kier molecular flexibility index (Phi) is 7.03. The molecule has 0 radical (unpaired) electrons. The number of carbonyl (C=O) groups is 2. The lowest BCUT2D eigenvalue weighted by molar-refractivity contribution is -0.114. The van der Waals surface area contributed by atoms with Crippen molar-refractivity contribution in [2.75, 3.05) is 4.90 Å². The lowest BCUT2D eigenvalue weighted by Crippen LogP contribution is -2.34. The van der Waals surface area contributed by atoms with E-state index in [4.69, 9.17) is 0 Å². The Balaban J connectivity index is 1.33. The molecule has 4 nitrogen and oxygen atoms in total. The molecule has 39 heavy (non-hydrogen) atoms. The largest absolute Gasteiger partial charge is 0.345 e. The molecule has 6 rings (SSSR count). The van der Waals surface area contributed by atoms with Gasteiger partial charge in [0.05, 0.1) is 23.2 Å². The van der Waals surface area contributed by atoms with Crippen LogP contribution in [0, 0.1) is 5.82 Å². The first-order valence-corrected chi connectivity index (χ1v) is 13.9. The van der Waals surface area contributed by atoms with Crippen LogP contribution in [-0.4, -0.2) is 11.8 Å². The summed E-state index contributed by atoms with van der Waals surface area (Å²) in [5, 5.41) is 3.22. The molecule has 1 N–H and O–H groups in total. The predicted octanol–water partition coefficient (Wildman–Crippen LogP) is 7.31. The van der Waals surface area contributed by atoms with Crippen molar-refractivity contribution in [2.45, 2.75) is 36.7 Å². The van der Waals surface area contributed by atoms with Crippen LogP contribution >= 0.6 is 11.8 Å². The van der Waals surface area contributed by atoms with Crippen LogP contribution in [0.25, 0.3) is 6.08 Å². The summed E-state index contributed by atoms with van der Waals surface area (Å²) in [7, 11) is 0. The molecule has 1 aliphatic heterocycles. The normalized spacial score (nSPS) is 17.5. The summed E-state index contributed by atoms with van der Waals surface area (Å²) in [5.74, 6) is -0.642. The third-order valence-corrected chi connectivity index (χ3v) is 8.29. The van der Waals surface area contributed by atoms with E-state index < -0.39 is 0 Å². The molecule has 4 aromatic carbocycles. The highest BCUT2D eigenvalue weighted by Crippen LogP contribution is 2.43. The summed E-state index contributed by atoms with van der Waals surface area (Å²) < 4.78 is 13.6. The molecule has 0 unspecified atom stereocenters. The SMILES string of the molecule is O=C(N[C@H]1CCCc2ccccc21)c1ccc2c(c1)N(Cc1ccc(F)cc1)C(=O)/C(=C/c1ccccc1)S2. The summed E-state index contributed by atoms with van der Waals surface area (Å²) in [6.45, 7) is 0.264. The quantitative estimate of drug-likeness (QED) is 0.273. The van der Waals surface area contributed by atoms with Gasteiger partial charge >= 0.3 is 0 Å². The van der Waals surface area contributed by atoms with E-state index in [1.807, 2.05) is 60.7 Å². The molecule has 1 aliphatic carbocycles. The van der Waals surface area contributed by atoms with E-state index in [2.05, 4.69) is 17.4 Å². The topological polar surface area (TPSA) is 49.4 Å².